The maximum atomic E-state index is 5.46. The average Bonchev–Trinajstić information content (AvgIpc) is 2.62. The van der Waals surface area contributed by atoms with Gasteiger partial charge in [0.15, 0.2) is 0 Å². The van der Waals surface area contributed by atoms with E-state index >= 15 is 0 Å². The van der Waals surface area contributed by atoms with E-state index in [4.69, 9.17) is 4.74 Å². The third-order valence-corrected chi connectivity index (χ3v) is 5.23. The minimum Gasteiger partial charge on any atom is -0.379 e. The Balaban J connectivity index is 1.52. The molecule has 5 nitrogen and oxygen atoms in total. The summed E-state index contributed by atoms with van der Waals surface area (Å²) in [4.78, 5) is 14.0. The maximum absolute atomic E-state index is 5.46. The lowest BCUT2D eigenvalue weighted by atomic mass is 9.89. The Morgan fingerprint density at radius 1 is 1.14 bits per heavy atom. The van der Waals surface area contributed by atoms with Gasteiger partial charge < -0.3 is 9.64 Å². The average molecular weight is 304 g/mol. The molecule has 0 amide bonds. The van der Waals surface area contributed by atoms with E-state index in [2.05, 4.69) is 33.6 Å². The van der Waals surface area contributed by atoms with Gasteiger partial charge in [-0.3, -0.25) is 4.90 Å². The topological polar surface area (TPSA) is 41.5 Å². The first kappa shape index (κ1) is 15.7. The molecular formula is C17H28N4O. The fourth-order valence-corrected chi connectivity index (χ4v) is 3.56. The smallest absolute Gasteiger partial charge is 0.225 e. The number of ether oxygens (including phenoxy) is 1. The number of hydrogen-bond donors (Lipinski definition) is 0. The summed E-state index contributed by atoms with van der Waals surface area (Å²) in [5.74, 6) is 1.68. The van der Waals surface area contributed by atoms with Crippen LogP contribution in [0.25, 0.3) is 0 Å². The molecule has 0 aliphatic carbocycles. The molecule has 3 heterocycles. The second-order valence-electron chi connectivity index (χ2n) is 6.46. The van der Waals surface area contributed by atoms with E-state index in [1.807, 2.05) is 12.4 Å². The zero-order valence-corrected chi connectivity index (χ0v) is 13.9. The molecule has 2 aliphatic rings. The molecule has 3 rings (SSSR count). The molecule has 1 aromatic rings. The molecule has 122 valence electrons. The first-order valence-electron chi connectivity index (χ1n) is 8.65. The Kier molecular flexibility index (Phi) is 5.26. The van der Waals surface area contributed by atoms with Crippen LogP contribution in [0.4, 0.5) is 5.95 Å². The fourth-order valence-electron chi connectivity index (χ4n) is 3.56. The number of anilines is 1. The number of rotatable bonds is 4. The van der Waals surface area contributed by atoms with Crippen LogP contribution in [-0.4, -0.2) is 60.3 Å². The molecule has 2 fully saturated rings. The van der Waals surface area contributed by atoms with Crippen LogP contribution in [0.1, 0.15) is 32.3 Å². The molecule has 2 saturated heterocycles. The van der Waals surface area contributed by atoms with Crippen molar-refractivity contribution in [3.8, 4) is 0 Å². The first-order valence-corrected chi connectivity index (χ1v) is 8.65. The molecule has 0 spiro atoms. The van der Waals surface area contributed by atoms with Crippen molar-refractivity contribution in [1.29, 1.82) is 0 Å². The van der Waals surface area contributed by atoms with Crippen molar-refractivity contribution in [2.45, 2.75) is 39.2 Å². The summed E-state index contributed by atoms with van der Waals surface area (Å²) in [7, 11) is 0. The van der Waals surface area contributed by atoms with Crippen molar-refractivity contribution in [3.63, 3.8) is 0 Å². The highest BCUT2D eigenvalue weighted by molar-refractivity contribution is 5.30. The number of nitrogens with zero attached hydrogens (tertiary/aromatic N) is 4. The van der Waals surface area contributed by atoms with Crippen molar-refractivity contribution in [2.75, 3.05) is 44.3 Å². The van der Waals surface area contributed by atoms with Gasteiger partial charge in [-0.25, -0.2) is 9.97 Å². The molecule has 22 heavy (non-hydrogen) atoms. The van der Waals surface area contributed by atoms with Gasteiger partial charge >= 0.3 is 0 Å². The second-order valence-corrected chi connectivity index (χ2v) is 6.46. The molecule has 1 aromatic heterocycles. The monoisotopic (exact) mass is 304 g/mol. The summed E-state index contributed by atoms with van der Waals surface area (Å²) >= 11 is 0. The molecule has 5 heteroatoms. The highest BCUT2D eigenvalue weighted by atomic mass is 16.5. The predicted molar refractivity (Wildman–Crippen MR) is 88.2 cm³/mol. The lowest BCUT2D eigenvalue weighted by Crippen LogP contribution is -2.48. The lowest BCUT2D eigenvalue weighted by Gasteiger charge is -2.41. The molecule has 2 aliphatic heterocycles. The molecule has 0 N–H and O–H groups in total. The highest BCUT2D eigenvalue weighted by Gasteiger charge is 2.29. The van der Waals surface area contributed by atoms with Gasteiger partial charge in [-0.1, -0.05) is 6.92 Å². The van der Waals surface area contributed by atoms with Gasteiger partial charge in [-0.05, 0) is 37.7 Å². The first-order chi connectivity index (χ1) is 10.8. The number of aryl methyl sites for hydroxylation is 1. The zero-order chi connectivity index (χ0) is 15.4. The quantitative estimate of drug-likeness (QED) is 0.851. The predicted octanol–water partition coefficient (Wildman–Crippen LogP) is 1.98. The second kappa shape index (κ2) is 7.38. The van der Waals surface area contributed by atoms with E-state index < -0.39 is 0 Å². The van der Waals surface area contributed by atoms with E-state index in [9.17, 15) is 0 Å². The summed E-state index contributed by atoms with van der Waals surface area (Å²) < 4.78 is 5.46. The van der Waals surface area contributed by atoms with Crippen LogP contribution in [0.2, 0.25) is 0 Å². The van der Waals surface area contributed by atoms with Gasteiger partial charge in [0.25, 0.3) is 0 Å². The van der Waals surface area contributed by atoms with Crippen molar-refractivity contribution < 1.29 is 4.74 Å². The molecule has 0 bridgehead atoms. The summed E-state index contributed by atoms with van der Waals surface area (Å²) in [5, 5.41) is 0. The molecular weight excluding hydrogens is 276 g/mol. The standard InChI is InChI=1S/C17H28N4O/c1-3-15-12-18-17(19-13-15)21-6-4-16(5-7-21)14(2)20-8-10-22-11-9-20/h12-14,16H,3-11H2,1-2H3. The Morgan fingerprint density at radius 3 is 2.36 bits per heavy atom. The Labute approximate surface area is 133 Å². The van der Waals surface area contributed by atoms with Crippen molar-refractivity contribution in [2.24, 2.45) is 5.92 Å². The van der Waals surface area contributed by atoms with E-state index in [-0.39, 0.29) is 0 Å². The van der Waals surface area contributed by atoms with Gasteiger partial charge in [0.1, 0.15) is 0 Å². The molecule has 0 saturated carbocycles. The third-order valence-electron chi connectivity index (χ3n) is 5.23. The summed E-state index contributed by atoms with van der Waals surface area (Å²) in [6.07, 6.45) is 7.39. The van der Waals surface area contributed by atoms with E-state index in [0.717, 1.165) is 57.7 Å². The van der Waals surface area contributed by atoms with Gasteiger partial charge in [0, 0.05) is 44.6 Å². The minimum atomic E-state index is 0.662. The summed E-state index contributed by atoms with van der Waals surface area (Å²) in [6, 6.07) is 0.662. The number of morpholine rings is 1. The highest BCUT2D eigenvalue weighted by Crippen LogP contribution is 2.26. The fraction of sp³-hybridized carbons (Fsp3) is 0.765. The zero-order valence-electron chi connectivity index (χ0n) is 13.9. The van der Waals surface area contributed by atoms with Crippen LogP contribution in [-0.2, 0) is 11.2 Å². The molecule has 0 radical (unpaired) electrons. The largest absolute Gasteiger partial charge is 0.379 e. The maximum Gasteiger partial charge on any atom is 0.225 e. The van der Waals surface area contributed by atoms with Crippen LogP contribution < -0.4 is 4.90 Å². The van der Waals surface area contributed by atoms with Crippen LogP contribution in [0.15, 0.2) is 12.4 Å². The number of piperidine rings is 1. The van der Waals surface area contributed by atoms with Crippen molar-refractivity contribution in [1.82, 2.24) is 14.9 Å². The van der Waals surface area contributed by atoms with Gasteiger partial charge in [-0.15, -0.1) is 0 Å². The van der Waals surface area contributed by atoms with E-state index in [1.165, 1.54) is 18.4 Å². The molecule has 1 atom stereocenters. The number of hydrogen-bond acceptors (Lipinski definition) is 5. The van der Waals surface area contributed by atoms with E-state index in [1.54, 1.807) is 0 Å². The summed E-state index contributed by atoms with van der Waals surface area (Å²) in [5.41, 5.74) is 1.21. The Bertz CT molecular complexity index is 450. The van der Waals surface area contributed by atoms with Gasteiger partial charge in [-0.2, -0.15) is 0 Å². The van der Waals surface area contributed by atoms with Crippen LogP contribution in [0.3, 0.4) is 0 Å². The van der Waals surface area contributed by atoms with Gasteiger partial charge in [0.05, 0.1) is 13.2 Å². The van der Waals surface area contributed by atoms with Crippen LogP contribution >= 0.6 is 0 Å². The minimum absolute atomic E-state index is 0.662. The van der Waals surface area contributed by atoms with Gasteiger partial charge in [0.2, 0.25) is 5.95 Å². The molecule has 0 aromatic carbocycles. The number of aromatic nitrogens is 2. The third kappa shape index (κ3) is 3.58. The normalized spacial score (nSPS) is 22.7. The molecule has 1 unspecified atom stereocenters. The summed E-state index contributed by atoms with van der Waals surface area (Å²) in [6.45, 7) is 10.6. The Morgan fingerprint density at radius 2 is 1.77 bits per heavy atom. The van der Waals surface area contributed by atoms with Crippen molar-refractivity contribution >= 4 is 5.95 Å². The SMILES string of the molecule is CCc1cnc(N2CCC(C(C)N3CCOCC3)CC2)nc1. The lowest BCUT2D eigenvalue weighted by molar-refractivity contribution is 0.00446. The van der Waals surface area contributed by atoms with Crippen LogP contribution in [0.5, 0.6) is 0 Å². The Hall–Kier alpha value is -1.20. The van der Waals surface area contributed by atoms with Crippen LogP contribution in [0, 0.1) is 5.92 Å². The van der Waals surface area contributed by atoms with Crippen molar-refractivity contribution in [3.05, 3.63) is 18.0 Å². The van der Waals surface area contributed by atoms with E-state index in [0.29, 0.717) is 6.04 Å².